The molecule has 0 atom stereocenters. The average molecular weight is 389 g/mol. The van der Waals surface area contributed by atoms with Crippen molar-refractivity contribution in [2.24, 2.45) is 5.41 Å². The number of benzene rings is 2. The number of nitrogens with zero attached hydrogens (tertiary/aromatic N) is 1. The van der Waals surface area contributed by atoms with Gasteiger partial charge in [0, 0.05) is 23.3 Å². The first kappa shape index (κ1) is 17.5. The fourth-order valence-corrected chi connectivity index (χ4v) is 3.50. The Morgan fingerprint density at radius 3 is 2.48 bits per heavy atom. The lowest BCUT2D eigenvalue weighted by molar-refractivity contribution is -0.131. The van der Waals surface area contributed by atoms with Crippen LogP contribution in [0.15, 0.2) is 54.7 Å². The lowest BCUT2D eigenvalue weighted by atomic mass is 10.0. The number of carbonyl (C=O) groups is 2. The van der Waals surface area contributed by atoms with Gasteiger partial charge in [-0.05, 0) is 37.1 Å². The number of pyridine rings is 1. The average Bonchev–Trinajstić information content (AvgIpc) is 3.56. The van der Waals surface area contributed by atoms with Gasteiger partial charge in [-0.15, -0.1) is 0 Å². The summed E-state index contributed by atoms with van der Waals surface area (Å²) < 4.78 is 11.0. The highest BCUT2D eigenvalue weighted by Gasteiger charge is 2.56. The summed E-state index contributed by atoms with van der Waals surface area (Å²) in [5.41, 5.74) is 0.813. The van der Waals surface area contributed by atoms with Crippen LogP contribution < -0.4 is 20.1 Å². The second-order valence-electron chi connectivity index (χ2n) is 7.23. The van der Waals surface area contributed by atoms with Crippen LogP contribution in [-0.4, -0.2) is 30.0 Å². The normalized spacial score (nSPS) is 16.1. The van der Waals surface area contributed by atoms with Crippen LogP contribution >= 0.6 is 0 Å². The van der Waals surface area contributed by atoms with Crippen LogP contribution in [0.1, 0.15) is 12.8 Å². The first-order valence-electron chi connectivity index (χ1n) is 9.52. The highest BCUT2D eigenvalue weighted by Crippen LogP contribution is 2.48. The van der Waals surface area contributed by atoms with Gasteiger partial charge < -0.3 is 20.1 Å². The van der Waals surface area contributed by atoms with Gasteiger partial charge in [-0.1, -0.05) is 18.2 Å². The molecule has 0 bridgehead atoms. The number of aromatic nitrogens is 1. The molecule has 0 spiro atoms. The van der Waals surface area contributed by atoms with Crippen LogP contribution in [0.2, 0.25) is 0 Å². The van der Waals surface area contributed by atoms with Gasteiger partial charge in [0.2, 0.25) is 11.8 Å². The molecule has 5 rings (SSSR count). The summed E-state index contributed by atoms with van der Waals surface area (Å²) in [7, 11) is 0. The number of nitrogens with one attached hydrogen (secondary N) is 2. The van der Waals surface area contributed by atoms with E-state index in [0.717, 1.165) is 5.39 Å². The molecule has 0 radical (unpaired) electrons. The number of ether oxygens (including phenoxy) is 2. The Labute approximate surface area is 167 Å². The molecule has 1 aliphatic carbocycles. The molecule has 7 heteroatoms. The minimum absolute atomic E-state index is 0.314. The number of rotatable bonds is 4. The van der Waals surface area contributed by atoms with Crippen molar-refractivity contribution >= 4 is 34.1 Å². The standard InChI is InChI=1S/C22H19N3O4/c26-20(24-15-6-7-17-18(13-15)29-12-11-28-17)22(8-9-22)21(27)25-16-5-1-3-14-4-2-10-23-19(14)16/h1-7,10,13H,8-9,11-12H2,(H,24,26)(H,25,27). The van der Waals surface area contributed by atoms with E-state index in [2.05, 4.69) is 15.6 Å². The molecular formula is C22H19N3O4. The summed E-state index contributed by atoms with van der Waals surface area (Å²) in [5, 5.41) is 6.67. The Bertz CT molecular complexity index is 1120. The van der Waals surface area contributed by atoms with E-state index >= 15 is 0 Å². The lowest BCUT2D eigenvalue weighted by Gasteiger charge is -2.20. The first-order chi connectivity index (χ1) is 14.2. The van der Waals surface area contributed by atoms with Crippen LogP contribution in [-0.2, 0) is 9.59 Å². The number of fused-ring (bicyclic) bond motifs is 2. The molecule has 2 aliphatic rings. The van der Waals surface area contributed by atoms with E-state index in [1.807, 2.05) is 24.3 Å². The molecule has 7 nitrogen and oxygen atoms in total. The SMILES string of the molecule is O=C(Nc1ccc2c(c1)OCCO2)C1(C(=O)Nc2cccc3cccnc23)CC1. The monoisotopic (exact) mass is 389 g/mol. The van der Waals surface area contributed by atoms with Crippen LogP contribution in [0.3, 0.4) is 0 Å². The molecule has 0 unspecified atom stereocenters. The molecule has 2 aromatic carbocycles. The van der Waals surface area contributed by atoms with Gasteiger partial charge in [0.25, 0.3) is 0 Å². The topological polar surface area (TPSA) is 89.5 Å². The second-order valence-corrected chi connectivity index (χ2v) is 7.23. The molecule has 2 heterocycles. The summed E-state index contributed by atoms with van der Waals surface area (Å²) in [6, 6.07) is 14.6. The summed E-state index contributed by atoms with van der Waals surface area (Å²) in [4.78, 5) is 30.2. The van der Waals surface area contributed by atoms with E-state index in [1.54, 1.807) is 30.5 Å². The van der Waals surface area contributed by atoms with Crippen molar-refractivity contribution in [3.05, 3.63) is 54.7 Å². The number of para-hydroxylation sites is 1. The first-order valence-corrected chi connectivity index (χ1v) is 9.52. The van der Waals surface area contributed by atoms with E-state index < -0.39 is 5.41 Å². The molecular weight excluding hydrogens is 370 g/mol. The second kappa shape index (κ2) is 6.77. The van der Waals surface area contributed by atoms with Crippen molar-refractivity contribution in [1.82, 2.24) is 4.98 Å². The number of hydrogen-bond donors (Lipinski definition) is 2. The molecule has 146 valence electrons. The zero-order valence-electron chi connectivity index (χ0n) is 15.6. The summed E-state index contributed by atoms with van der Waals surface area (Å²) in [6.07, 6.45) is 2.69. The quantitative estimate of drug-likeness (QED) is 0.668. The third-order valence-electron chi connectivity index (χ3n) is 5.30. The smallest absolute Gasteiger partial charge is 0.240 e. The van der Waals surface area contributed by atoms with Crippen molar-refractivity contribution in [1.29, 1.82) is 0 Å². The molecule has 2 amide bonds. The van der Waals surface area contributed by atoms with Gasteiger partial charge in [-0.2, -0.15) is 0 Å². The zero-order valence-corrected chi connectivity index (χ0v) is 15.6. The summed E-state index contributed by atoms with van der Waals surface area (Å²) in [6.45, 7) is 0.973. The third-order valence-corrected chi connectivity index (χ3v) is 5.30. The van der Waals surface area contributed by atoms with Crippen molar-refractivity contribution in [2.45, 2.75) is 12.8 Å². The Morgan fingerprint density at radius 2 is 1.66 bits per heavy atom. The molecule has 1 fully saturated rings. The van der Waals surface area contributed by atoms with Crippen molar-refractivity contribution in [3.8, 4) is 11.5 Å². The molecule has 1 aliphatic heterocycles. The molecule has 1 aromatic heterocycles. The van der Waals surface area contributed by atoms with Gasteiger partial charge >= 0.3 is 0 Å². The fraction of sp³-hybridized carbons (Fsp3) is 0.227. The summed E-state index contributed by atoms with van der Waals surface area (Å²) >= 11 is 0. The predicted octanol–water partition coefficient (Wildman–Crippen LogP) is 3.36. The maximum Gasteiger partial charge on any atom is 0.240 e. The minimum atomic E-state index is -1.07. The highest BCUT2D eigenvalue weighted by atomic mass is 16.6. The Kier molecular flexibility index (Phi) is 4.08. The lowest BCUT2D eigenvalue weighted by Crippen LogP contribution is -2.35. The van der Waals surface area contributed by atoms with Crippen LogP contribution in [0.25, 0.3) is 10.9 Å². The number of anilines is 2. The number of hydrogen-bond acceptors (Lipinski definition) is 5. The Hall–Kier alpha value is -3.61. The molecule has 3 aromatic rings. The van der Waals surface area contributed by atoms with E-state index in [9.17, 15) is 9.59 Å². The van der Waals surface area contributed by atoms with Crippen LogP contribution in [0.4, 0.5) is 11.4 Å². The zero-order chi connectivity index (χ0) is 19.8. The van der Waals surface area contributed by atoms with Crippen molar-refractivity contribution < 1.29 is 19.1 Å². The predicted molar refractivity (Wildman–Crippen MR) is 108 cm³/mol. The molecule has 0 saturated heterocycles. The van der Waals surface area contributed by atoms with Crippen molar-refractivity contribution in [3.63, 3.8) is 0 Å². The number of amides is 2. The van der Waals surface area contributed by atoms with E-state index in [1.165, 1.54) is 0 Å². The maximum atomic E-state index is 13.0. The highest BCUT2D eigenvalue weighted by molar-refractivity contribution is 6.18. The fourth-order valence-electron chi connectivity index (χ4n) is 3.50. The van der Waals surface area contributed by atoms with Gasteiger partial charge in [0.15, 0.2) is 11.5 Å². The maximum absolute atomic E-state index is 13.0. The number of carbonyl (C=O) groups excluding carboxylic acids is 2. The minimum Gasteiger partial charge on any atom is -0.486 e. The van der Waals surface area contributed by atoms with E-state index in [0.29, 0.717) is 54.4 Å². The third kappa shape index (κ3) is 3.14. The van der Waals surface area contributed by atoms with E-state index in [-0.39, 0.29) is 11.8 Å². The largest absolute Gasteiger partial charge is 0.486 e. The summed E-state index contributed by atoms with van der Waals surface area (Å²) in [5.74, 6) is 0.604. The molecule has 2 N–H and O–H groups in total. The molecule has 1 saturated carbocycles. The van der Waals surface area contributed by atoms with Crippen molar-refractivity contribution in [2.75, 3.05) is 23.8 Å². The van der Waals surface area contributed by atoms with Crippen LogP contribution in [0.5, 0.6) is 11.5 Å². The molecule has 29 heavy (non-hydrogen) atoms. The van der Waals surface area contributed by atoms with Crippen LogP contribution in [0, 0.1) is 5.41 Å². The van der Waals surface area contributed by atoms with E-state index in [4.69, 9.17) is 9.47 Å². The van der Waals surface area contributed by atoms with Gasteiger partial charge in [0.05, 0.1) is 11.2 Å². The van der Waals surface area contributed by atoms with Gasteiger partial charge in [-0.3, -0.25) is 14.6 Å². The van der Waals surface area contributed by atoms with Gasteiger partial charge in [-0.25, -0.2) is 0 Å². The Morgan fingerprint density at radius 1 is 0.897 bits per heavy atom. The Balaban J connectivity index is 1.34. The van der Waals surface area contributed by atoms with Gasteiger partial charge in [0.1, 0.15) is 18.6 Å².